The largest absolute Gasteiger partial charge is 0.271 e. The summed E-state index contributed by atoms with van der Waals surface area (Å²) in [5, 5.41) is 4.41. The fraction of sp³-hybridized carbons (Fsp3) is 0.308. The number of nitrogens with one attached hydrogen (secondary N) is 1. The molecule has 0 saturated heterocycles. The van der Waals surface area contributed by atoms with Gasteiger partial charge in [0.2, 0.25) is 0 Å². The number of rotatable bonds is 5. The van der Waals surface area contributed by atoms with Crippen molar-refractivity contribution in [2.24, 2.45) is 5.84 Å². The molecule has 0 aliphatic rings. The minimum atomic E-state index is -0.931. The van der Waals surface area contributed by atoms with E-state index in [-0.39, 0.29) is 5.56 Å². The van der Waals surface area contributed by atoms with E-state index in [1.165, 1.54) is 18.3 Å². The number of hydrogen-bond donors (Lipinski definition) is 2. The Morgan fingerprint density at radius 1 is 1.43 bits per heavy atom. The van der Waals surface area contributed by atoms with Crippen LogP contribution in [0.25, 0.3) is 0 Å². The van der Waals surface area contributed by atoms with E-state index in [4.69, 9.17) is 17.4 Å². The molecule has 0 aliphatic carbocycles. The summed E-state index contributed by atoms with van der Waals surface area (Å²) in [7, 11) is 0. The average molecular weight is 380 g/mol. The van der Waals surface area contributed by atoms with Gasteiger partial charge in [0, 0.05) is 16.6 Å². The molecule has 0 aliphatic heterocycles. The van der Waals surface area contributed by atoms with Gasteiger partial charge in [-0.15, -0.1) is 0 Å². The second kappa shape index (κ2) is 6.83. The Balaban J connectivity index is 2.58. The third kappa shape index (κ3) is 3.26. The number of nitrogens with zero attached hydrogens (tertiary/aromatic N) is 2. The Bertz CT molecular complexity index is 624. The summed E-state index contributed by atoms with van der Waals surface area (Å²) in [6.45, 7) is 2.53. The molecule has 4 nitrogen and oxygen atoms in total. The molecule has 2 rings (SSSR count). The highest BCUT2D eigenvalue weighted by molar-refractivity contribution is 9.10. The summed E-state index contributed by atoms with van der Waals surface area (Å²) in [4.78, 5) is 0. The maximum absolute atomic E-state index is 14.2. The molecule has 0 radical (unpaired) electrons. The zero-order valence-electron chi connectivity index (χ0n) is 11.2. The fourth-order valence-electron chi connectivity index (χ4n) is 2.18. The minimum Gasteiger partial charge on any atom is -0.271 e. The standard InChI is InChI=1S/C13H14BrClF2N4/c1-2-3-21-13(8(15)6-19-21)12(20-18)11-9(16)4-7(14)5-10(11)17/h4-6,12,20H,2-3,18H2,1H3. The molecule has 1 aromatic heterocycles. The number of hydrazine groups is 1. The molecule has 1 heterocycles. The molecule has 3 N–H and O–H groups in total. The summed E-state index contributed by atoms with van der Waals surface area (Å²) in [5.74, 6) is 4.08. The lowest BCUT2D eigenvalue weighted by molar-refractivity contribution is 0.476. The second-order valence-electron chi connectivity index (χ2n) is 4.48. The van der Waals surface area contributed by atoms with Crippen molar-refractivity contribution in [2.75, 3.05) is 0 Å². The number of benzene rings is 1. The fourth-order valence-corrected chi connectivity index (χ4v) is 2.83. The Morgan fingerprint density at radius 2 is 2.05 bits per heavy atom. The summed E-state index contributed by atoms with van der Waals surface area (Å²) in [6.07, 6.45) is 2.24. The summed E-state index contributed by atoms with van der Waals surface area (Å²) >= 11 is 9.15. The van der Waals surface area contributed by atoms with E-state index >= 15 is 0 Å². The molecule has 0 amide bonds. The van der Waals surface area contributed by atoms with Crippen LogP contribution in [0.4, 0.5) is 8.78 Å². The van der Waals surface area contributed by atoms with E-state index in [0.717, 1.165) is 6.42 Å². The van der Waals surface area contributed by atoms with Crippen LogP contribution in [0.3, 0.4) is 0 Å². The van der Waals surface area contributed by atoms with Crippen molar-refractivity contribution in [1.82, 2.24) is 15.2 Å². The van der Waals surface area contributed by atoms with Crippen LogP contribution in [0.2, 0.25) is 5.02 Å². The molecule has 0 bridgehead atoms. The van der Waals surface area contributed by atoms with E-state index in [1.807, 2.05) is 6.92 Å². The Hall–Kier alpha value is -1.02. The number of nitrogens with two attached hydrogens (primary N) is 1. The highest BCUT2D eigenvalue weighted by atomic mass is 79.9. The van der Waals surface area contributed by atoms with E-state index in [1.54, 1.807) is 4.68 Å². The average Bonchev–Trinajstić information content (AvgIpc) is 2.75. The van der Waals surface area contributed by atoms with E-state index in [0.29, 0.717) is 21.7 Å². The molecule has 0 fully saturated rings. The van der Waals surface area contributed by atoms with Crippen LogP contribution >= 0.6 is 27.5 Å². The van der Waals surface area contributed by atoms with Crippen LogP contribution in [0.1, 0.15) is 30.6 Å². The molecule has 0 spiro atoms. The van der Waals surface area contributed by atoms with Gasteiger partial charge >= 0.3 is 0 Å². The molecule has 1 atom stereocenters. The van der Waals surface area contributed by atoms with Gasteiger partial charge in [0.1, 0.15) is 11.6 Å². The summed E-state index contributed by atoms with van der Waals surface area (Å²) in [6, 6.07) is 1.42. The van der Waals surface area contributed by atoms with Crippen molar-refractivity contribution in [3.8, 4) is 0 Å². The molecular weight excluding hydrogens is 366 g/mol. The number of hydrogen-bond acceptors (Lipinski definition) is 3. The normalized spacial score (nSPS) is 12.7. The zero-order chi connectivity index (χ0) is 15.6. The number of aryl methyl sites for hydroxylation is 1. The van der Waals surface area contributed by atoms with E-state index in [2.05, 4.69) is 26.5 Å². The quantitative estimate of drug-likeness (QED) is 0.617. The highest BCUT2D eigenvalue weighted by Gasteiger charge is 2.27. The van der Waals surface area contributed by atoms with Gasteiger partial charge in [-0.05, 0) is 18.6 Å². The first-order valence-corrected chi connectivity index (χ1v) is 7.48. The summed E-state index contributed by atoms with van der Waals surface area (Å²) < 4.78 is 30.2. The van der Waals surface area contributed by atoms with Gasteiger partial charge in [0.05, 0.1) is 23.0 Å². The first kappa shape index (κ1) is 16.4. The molecule has 1 aromatic carbocycles. The predicted molar refractivity (Wildman–Crippen MR) is 80.8 cm³/mol. The monoisotopic (exact) mass is 378 g/mol. The smallest absolute Gasteiger partial charge is 0.132 e. The maximum atomic E-state index is 14.2. The number of halogens is 4. The van der Waals surface area contributed by atoms with Gasteiger partial charge in [-0.3, -0.25) is 10.5 Å². The van der Waals surface area contributed by atoms with Crippen LogP contribution < -0.4 is 11.3 Å². The van der Waals surface area contributed by atoms with Gasteiger partial charge in [0.25, 0.3) is 0 Å². The van der Waals surface area contributed by atoms with Crippen molar-refractivity contribution in [3.05, 3.63) is 50.7 Å². The van der Waals surface area contributed by atoms with Gasteiger partial charge in [0.15, 0.2) is 0 Å². The van der Waals surface area contributed by atoms with Crippen LogP contribution in [0.15, 0.2) is 22.8 Å². The van der Waals surface area contributed by atoms with Crippen LogP contribution in [-0.2, 0) is 6.54 Å². The zero-order valence-corrected chi connectivity index (χ0v) is 13.5. The lowest BCUT2D eigenvalue weighted by Gasteiger charge is -2.20. The second-order valence-corrected chi connectivity index (χ2v) is 5.81. The highest BCUT2D eigenvalue weighted by Crippen LogP contribution is 2.32. The lowest BCUT2D eigenvalue weighted by atomic mass is 10.0. The molecule has 8 heteroatoms. The predicted octanol–water partition coefficient (Wildman–Crippen LogP) is 3.54. The summed E-state index contributed by atoms with van der Waals surface area (Å²) in [5.41, 5.74) is 2.66. The van der Waals surface area contributed by atoms with Crippen molar-refractivity contribution >= 4 is 27.5 Å². The minimum absolute atomic E-state index is 0.194. The topological polar surface area (TPSA) is 55.9 Å². The molecule has 2 aromatic rings. The van der Waals surface area contributed by atoms with E-state index < -0.39 is 17.7 Å². The first-order valence-electron chi connectivity index (χ1n) is 6.31. The molecule has 114 valence electrons. The molecular formula is C13H14BrClF2N4. The van der Waals surface area contributed by atoms with Crippen molar-refractivity contribution in [2.45, 2.75) is 25.9 Å². The SMILES string of the molecule is CCCn1ncc(Cl)c1C(NN)c1c(F)cc(Br)cc1F. The molecule has 0 saturated carbocycles. The maximum Gasteiger partial charge on any atom is 0.132 e. The van der Waals surface area contributed by atoms with Crippen LogP contribution in [-0.4, -0.2) is 9.78 Å². The van der Waals surface area contributed by atoms with Gasteiger partial charge < -0.3 is 0 Å². The third-order valence-corrected chi connectivity index (χ3v) is 3.79. The third-order valence-electron chi connectivity index (χ3n) is 3.04. The van der Waals surface area contributed by atoms with Gasteiger partial charge in [-0.2, -0.15) is 5.10 Å². The van der Waals surface area contributed by atoms with E-state index in [9.17, 15) is 8.78 Å². The van der Waals surface area contributed by atoms with Gasteiger partial charge in [-0.25, -0.2) is 14.2 Å². The lowest BCUT2D eigenvalue weighted by Crippen LogP contribution is -2.32. The Labute approximate surface area is 134 Å². The van der Waals surface area contributed by atoms with Crippen molar-refractivity contribution in [3.63, 3.8) is 0 Å². The van der Waals surface area contributed by atoms with Crippen molar-refractivity contribution < 1.29 is 8.78 Å². The Kier molecular flexibility index (Phi) is 5.32. The molecule has 1 unspecified atom stereocenters. The Morgan fingerprint density at radius 3 is 2.57 bits per heavy atom. The van der Waals surface area contributed by atoms with Crippen molar-refractivity contribution in [1.29, 1.82) is 0 Å². The first-order chi connectivity index (χ1) is 9.99. The van der Waals surface area contributed by atoms with Crippen LogP contribution in [0, 0.1) is 11.6 Å². The number of aromatic nitrogens is 2. The molecule has 21 heavy (non-hydrogen) atoms. The van der Waals surface area contributed by atoms with Crippen LogP contribution in [0.5, 0.6) is 0 Å². The van der Waals surface area contributed by atoms with Gasteiger partial charge in [-0.1, -0.05) is 34.5 Å².